The smallest absolute Gasteiger partial charge is 0.396 e. The van der Waals surface area contributed by atoms with Gasteiger partial charge in [-0.3, -0.25) is 50.2 Å². The molecule has 44 nitrogen and oxygen atoms in total. The number of para-hydroxylation sites is 4. The van der Waals surface area contributed by atoms with Crippen molar-refractivity contribution in [2.24, 2.45) is 57.4 Å². The number of aryl methyl sites for hydroxylation is 4. The zero-order valence-corrected chi connectivity index (χ0v) is 74.5. The fourth-order valence-electron chi connectivity index (χ4n) is 10.5. The number of hydrogen-bond acceptors (Lipinski definition) is 37. The highest BCUT2D eigenvalue weighted by Crippen LogP contribution is 2.42. The van der Waals surface area contributed by atoms with Gasteiger partial charge in [-0.25, -0.2) is 64.9 Å². The molecule has 9 heterocycles. The first-order valence-corrected chi connectivity index (χ1v) is 38.8. The van der Waals surface area contributed by atoms with Crippen molar-refractivity contribution < 1.29 is 81.4 Å². The molecule has 1 aliphatic rings. The summed E-state index contributed by atoms with van der Waals surface area (Å²) in [4.78, 5) is 109. The van der Waals surface area contributed by atoms with Gasteiger partial charge in [0.1, 0.15) is 51.5 Å². The van der Waals surface area contributed by atoms with E-state index < -0.39 is 35.0 Å². The largest absolute Gasteiger partial charge is 0.494 e. The van der Waals surface area contributed by atoms with Gasteiger partial charge >= 0.3 is 35.0 Å². The number of rotatable bonds is 23. The van der Waals surface area contributed by atoms with Crippen LogP contribution in [0.1, 0.15) is 68.4 Å². The van der Waals surface area contributed by atoms with Gasteiger partial charge in [-0.1, -0.05) is 82.3 Å². The molecule has 0 radical (unpaired) electrons. The van der Waals surface area contributed by atoms with Crippen molar-refractivity contribution in [2.75, 3.05) is 77.6 Å². The minimum absolute atomic E-state index is 0. The Morgan fingerprint density at radius 1 is 0.461 bits per heavy atom. The second-order valence-electron chi connectivity index (χ2n) is 24.8. The number of hydrogen-bond donors (Lipinski definition) is 9. The van der Waals surface area contributed by atoms with Gasteiger partial charge in [0.25, 0.3) is 11.8 Å². The van der Waals surface area contributed by atoms with Crippen LogP contribution in [0, 0.1) is 5.92 Å². The first kappa shape index (κ1) is 102. The van der Waals surface area contributed by atoms with Crippen molar-refractivity contribution in [1.29, 1.82) is 0 Å². The SMILES string of the molecule is CCOC(=O)c1cnc(Cl)cc1Cl.CCOC(=O)c1cnc(Cl)cc1Nc1cccc(-c2ncn(C)n2)c1OC.COC(=O)C(=O)Cl.COC(=O)c1nnc(-c2cnc(Cl)cc2Nc2cccc(-c3ncn(C)n3)c2OC)o1.COc1c(N)cccc1-c1ncn(C)n1.COc1c(Nc2cc(Cl)ncc2C(=O)NN)cccc1-c1ncn(C)n1.NC(=O)C1CC1.NN.O. The number of halogens is 6. The number of methoxy groups -OCH3 is 6. The Hall–Kier alpha value is -14.4. The number of anilines is 7. The van der Waals surface area contributed by atoms with E-state index in [4.69, 9.17) is 108 Å². The summed E-state index contributed by atoms with van der Waals surface area (Å²) in [6, 6.07) is 28.0. The molecule has 0 spiro atoms. The third kappa shape index (κ3) is 28.9. The van der Waals surface area contributed by atoms with Gasteiger partial charge in [0.05, 0.1) is 140 Å². The molecule has 1 saturated carbocycles. The predicted octanol–water partition coefficient (Wildman–Crippen LogP) is 9.90. The summed E-state index contributed by atoms with van der Waals surface area (Å²) >= 11 is 34.0. The second kappa shape index (κ2) is 50.6. The molecule has 0 unspecified atom stereocenters. The Labute approximate surface area is 758 Å². The molecule has 128 heavy (non-hydrogen) atoms. The molecular formula is C78H85Cl6N27O17. The number of nitrogens with one attached hydrogen (secondary N) is 4. The first-order valence-electron chi connectivity index (χ1n) is 36.6. The maximum Gasteiger partial charge on any atom is 0.396 e. The Morgan fingerprint density at radius 3 is 1.17 bits per heavy atom. The molecule has 0 bridgehead atoms. The molecule has 14 rings (SSSR count). The molecule has 0 aliphatic heterocycles. The monoisotopic (exact) mass is 1880 g/mol. The van der Waals surface area contributed by atoms with Crippen molar-refractivity contribution in [1.82, 2.24) is 94.6 Å². The number of ether oxygens (including phenoxy) is 8. The topological polar surface area (TPSA) is 616 Å². The first-order chi connectivity index (χ1) is 60.9. The average molecular weight is 1890 g/mol. The molecule has 16 N–H and O–H groups in total. The number of carbonyl (C=O) groups is 7. The minimum Gasteiger partial charge on any atom is -0.494 e. The number of primary amides is 1. The van der Waals surface area contributed by atoms with Gasteiger partial charge in [-0.2, -0.15) is 20.4 Å². The maximum atomic E-state index is 12.2. The number of amides is 2. The highest BCUT2D eigenvalue weighted by molar-refractivity contribution is 6.80. The van der Waals surface area contributed by atoms with E-state index in [9.17, 15) is 33.6 Å². The van der Waals surface area contributed by atoms with Crippen LogP contribution in [0.15, 0.2) is 152 Å². The molecule has 2 amide bonds. The van der Waals surface area contributed by atoms with E-state index in [0.29, 0.717) is 115 Å². The number of nitrogen functional groups attached to an aromatic ring is 2. The second-order valence-corrected chi connectivity index (χ2v) is 27.1. The number of hydrazine groups is 2. The van der Waals surface area contributed by atoms with E-state index in [0.717, 1.165) is 25.5 Å². The van der Waals surface area contributed by atoms with E-state index in [-0.39, 0.29) is 78.0 Å². The molecule has 676 valence electrons. The predicted molar refractivity (Wildman–Crippen MR) is 473 cm³/mol. The van der Waals surface area contributed by atoms with Crippen LogP contribution in [0.3, 0.4) is 0 Å². The van der Waals surface area contributed by atoms with Gasteiger partial charge in [0.2, 0.25) is 5.91 Å². The van der Waals surface area contributed by atoms with Crippen LogP contribution >= 0.6 is 69.6 Å². The van der Waals surface area contributed by atoms with Crippen LogP contribution in [0.5, 0.6) is 23.0 Å². The van der Waals surface area contributed by atoms with E-state index in [2.05, 4.69) is 125 Å². The fraction of sp³-hybridized carbons (Fsp3) is 0.218. The molecule has 13 aromatic rings. The lowest BCUT2D eigenvalue weighted by Crippen LogP contribution is -2.30. The number of pyridine rings is 4. The van der Waals surface area contributed by atoms with Gasteiger partial charge in [0, 0.05) is 58.9 Å². The number of carbonyl (C=O) groups excluding carboxylic acids is 7. The van der Waals surface area contributed by atoms with Crippen molar-refractivity contribution in [3.63, 3.8) is 0 Å². The standard InChI is InChI=1S/C19H16ClN7O4.C18H18ClN5O3.C16H16ClN7O2.C10H12N4O.C8H7Cl2NO2.C4H7NO.C3H3ClO3.H4N2.H2O/c1-27-9-22-16(26-27)10-5-4-6-12(15(10)29-2)23-13-7-14(20)21-8-11(13)17-24-25-18(31-17)19(28)30-3;1-4-27-18(25)12-9-20-15(19)8-14(12)22-13-7-5-6-11(16(13)26-3)17-21-10-24(2)23-17;1-24-8-20-15(23-24)9-4-3-5-11(14(9)26-2)21-12-6-13(17)19-7-10(12)16(25)22-18;1-14-6-12-10(13-14)7-4-3-5-8(11)9(7)15-2;1-2-13-8(12)5-4-11-7(10)3-6(5)9;5-4(6)3-1-2-3;1-7-3(6)2(4)5;1-2;/h4-9H,1-3H3,(H,21,23);5-10H,4H2,1-3H3,(H,20,22);3-8H,18H2,1-2H3,(H,19,21)(H,22,25);3-6H,11H2,1-2H3;3-4H,2H2,1H3;3H,1-2H2,(H2,5,6);1H3;1-2H2;1H2. The van der Waals surface area contributed by atoms with E-state index in [1.807, 2.05) is 67.7 Å². The Morgan fingerprint density at radius 2 is 0.828 bits per heavy atom. The highest BCUT2D eigenvalue weighted by atomic mass is 35.5. The van der Waals surface area contributed by atoms with Crippen molar-refractivity contribution in [3.05, 3.63) is 195 Å². The summed E-state index contributed by atoms with van der Waals surface area (Å²) in [6.07, 6.45) is 14.0. The lowest BCUT2D eigenvalue weighted by Gasteiger charge is -2.16. The maximum absolute atomic E-state index is 12.2. The number of aromatic nitrogens is 18. The molecule has 0 saturated heterocycles. The number of benzene rings is 4. The van der Waals surface area contributed by atoms with Crippen LogP contribution in [-0.4, -0.2) is 191 Å². The van der Waals surface area contributed by atoms with Crippen molar-refractivity contribution in [3.8, 4) is 80.0 Å². The summed E-state index contributed by atoms with van der Waals surface area (Å²) in [5.74, 6) is 14.2. The lowest BCUT2D eigenvalue weighted by molar-refractivity contribution is -0.148. The zero-order chi connectivity index (χ0) is 93.1. The zero-order valence-electron chi connectivity index (χ0n) is 70.0. The third-order valence-corrected chi connectivity index (χ3v) is 17.5. The molecule has 0 atom stereocenters. The van der Waals surface area contributed by atoms with E-state index >= 15 is 0 Å². The normalized spacial score (nSPS) is 10.6. The van der Waals surface area contributed by atoms with Gasteiger partial charge in [0.15, 0.2) is 46.3 Å². The summed E-state index contributed by atoms with van der Waals surface area (Å²) in [5, 5.41) is 34.4. The lowest BCUT2D eigenvalue weighted by atomic mass is 10.1. The Bertz CT molecular complexity index is 5950. The summed E-state index contributed by atoms with van der Waals surface area (Å²) < 4.78 is 52.1. The van der Waals surface area contributed by atoms with Crippen LogP contribution in [-0.2, 0) is 61.5 Å². The van der Waals surface area contributed by atoms with Gasteiger partial charge in [-0.15, -0.1) is 10.2 Å². The molecule has 1 aliphatic carbocycles. The van der Waals surface area contributed by atoms with Crippen molar-refractivity contribution >= 4 is 150 Å². The Kier molecular flexibility index (Phi) is 40.5. The Balaban J connectivity index is 0.000000242. The van der Waals surface area contributed by atoms with Crippen LogP contribution in [0.2, 0.25) is 25.6 Å². The highest BCUT2D eigenvalue weighted by Gasteiger charge is 2.28. The summed E-state index contributed by atoms with van der Waals surface area (Å²) in [6.45, 7) is 4.01. The molecule has 50 heteroatoms. The van der Waals surface area contributed by atoms with Crippen LogP contribution < -0.4 is 69.3 Å². The third-order valence-electron chi connectivity index (χ3n) is 16.2. The number of esters is 4. The van der Waals surface area contributed by atoms with Crippen LogP contribution in [0.4, 0.5) is 39.8 Å². The quantitative estimate of drug-likeness (QED) is 0.00331. The fourth-order valence-corrected chi connectivity index (χ4v) is 11.5. The molecule has 1 fully saturated rings. The van der Waals surface area contributed by atoms with Crippen LogP contribution in [0.25, 0.3) is 57.0 Å². The van der Waals surface area contributed by atoms with E-state index in [1.165, 1.54) is 44.0 Å². The molecule has 9 aromatic heterocycles. The summed E-state index contributed by atoms with van der Waals surface area (Å²) in [5.41, 5.74) is 20.6. The number of nitrogens with two attached hydrogens (primary N) is 5. The van der Waals surface area contributed by atoms with E-state index in [1.54, 1.807) is 132 Å². The summed E-state index contributed by atoms with van der Waals surface area (Å²) in [7, 11) is 15.7. The molecule has 4 aromatic carbocycles. The van der Waals surface area contributed by atoms with Gasteiger partial charge < -0.3 is 75.2 Å². The minimum atomic E-state index is -1.09. The van der Waals surface area contributed by atoms with Gasteiger partial charge in [-0.05, 0) is 111 Å². The molecular weight excluding hydrogens is 1800 g/mol. The van der Waals surface area contributed by atoms with Crippen molar-refractivity contribution in [2.45, 2.75) is 26.7 Å². The average Bonchev–Trinajstić information content (AvgIpc) is 1.53. The number of nitrogens with zero attached hydrogens (tertiary/aromatic N) is 18.